The maximum atomic E-state index is 2.45. The molecule has 2 aromatic rings. The van der Waals surface area contributed by atoms with E-state index >= 15 is 0 Å². The molecule has 0 amide bonds. The normalized spacial score (nSPS) is 16.3. The summed E-state index contributed by atoms with van der Waals surface area (Å²) < 4.78 is 0. The average Bonchev–Trinajstić information content (AvgIpc) is 2.70. The molecule has 0 heteroatoms. The minimum atomic E-state index is 1.22. The Morgan fingerprint density at radius 1 is 0.722 bits per heavy atom. The molecule has 2 aromatic carbocycles. The third kappa shape index (κ3) is 1.32. The Hall–Kier alpha value is -1.82. The summed E-state index contributed by atoms with van der Waals surface area (Å²) in [5.74, 6) is 0. The molecule has 0 radical (unpaired) electrons. The van der Waals surface area contributed by atoms with E-state index in [0.29, 0.717) is 0 Å². The van der Waals surface area contributed by atoms with Gasteiger partial charge in [-0.1, -0.05) is 48.5 Å². The Morgan fingerprint density at radius 2 is 1.56 bits per heavy atom. The highest BCUT2D eigenvalue weighted by atomic mass is 14.3. The van der Waals surface area contributed by atoms with E-state index in [1.165, 1.54) is 59.1 Å². The summed E-state index contributed by atoms with van der Waals surface area (Å²) in [4.78, 5) is 0. The Kier molecular flexibility index (Phi) is 2.16. The molecular formula is C18H16. The van der Waals surface area contributed by atoms with E-state index in [1.807, 2.05) is 0 Å². The van der Waals surface area contributed by atoms with Crippen LogP contribution in [0, 0.1) is 0 Å². The largest absolute Gasteiger partial charge is 0.0760 e. The minimum Gasteiger partial charge on any atom is -0.0760 e. The quantitative estimate of drug-likeness (QED) is 0.521. The van der Waals surface area contributed by atoms with Crippen molar-refractivity contribution < 1.29 is 0 Å². The van der Waals surface area contributed by atoms with Gasteiger partial charge in [-0.2, -0.15) is 0 Å². The zero-order valence-electron chi connectivity index (χ0n) is 10.4. The summed E-state index contributed by atoms with van der Waals surface area (Å²) in [6, 6.07) is 15.6. The molecule has 2 aliphatic rings. The lowest BCUT2D eigenvalue weighted by atomic mass is 9.91. The predicted octanol–water partition coefficient (Wildman–Crippen LogP) is 4.83. The van der Waals surface area contributed by atoms with E-state index in [-0.39, 0.29) is 0 Å². The fourth-order valence-electron chi connectivity index (χ4n) is 3.36. The topological polar surface area (TPSA) is 0 Å². The summed E-state index contributed by atoms with van der Waals surface area (Å²) in [6.07, 6.45) is 7.53. The van der Waals surface area contributed by atoms with Crippen LogP contribution in [0.1, 0.15) is 36.0 Å². The lowest BCUT2D eigenvalue weighted by Crippen LogP contribution is -1.96. The van der Waals surface area contributed by atoms with Crippen LogP contribution in [-0.2, 0) is 6.42 Å². The van der Waals surface area contributed by atoms with Gasteiger partial charge in [0.05, 0.1) is 0 Å². The van der Waals surface area contributed by atoms with Crippen LogP contribution in [0.5, 0.6) is 0 Å². The highest BCUT2D eigenvalue weighted by molar-refractivity contribution is 6.02. The molecule has 2 aliphatic carbocycles. The highest BCUT2D eigenvalue weighted by Crippen LogP contribution is 2.46. The van der Waals surface area contributed by atoms with Crippen LogP contribution in [0.2, 0.25) is 0 Å². The maximum Gasteiger partial charge on any atom is -0.00701 e. The zero-order valence-corrected chi connectivity index (χ0v) is 10.4. The first-order valence-corrected chi connectivity index (χ1v) is 6.87. The third-order valence-electron chi connectivity index (χ3n) is 4.18. The van der Waals surface area contributed by atoms with E-state index in [1.54, 1.807) is 0 Å². The van der Waals surface area contributed by atoms with Crippen molar-refractivity contribution in [1.82, 2.24) is 0 Å². The summed E-state index contributed by atoms with van der Waals surface area (Å²) in [6.45, 7) is 0. The van der Waals surface area contributed by atoms with Crippen molar-refractivity contribution in [2.24, 2.45) is 0 Å². The molecule has 0 saturated heterocycles. The maximum absolute atomic E-state index is 2.45. The van der Waals surface area contributed by atoms with Crippen molar-refractivity contribution in [2.75, 3.05) is 0 Å². The second-order valence-corrected chi connectivity index (χ2v) is 5.25. The zero-order chi connectivity index (χ0) is 11.9. The summed E-state index contributed by atoms with van der Waals surface area (Å²) in [7, 11) is 0. The average molecular weight is 232 g/mol. The molecule has 0 N–H and O–H groups in total. The Balaban J connectivity index is 2.09. The van der Waals surface area contributed by atoms with Crippen molar-refractivity contribution in [1.29, 1.82) is 0 Å². The van der Waals surface area contributed by atoms with Gasteiger partial charge in [0, 0.05) is 0 Å². The number of aryl methyl sites for hydroxylation is 1. The van der Waals surface area contributed by atoms with E-state index in [9.17, 15) is 0 Å². The van der Waals surface area contributed by atoms with Crippen molar-refractivity contribution >= 4 is 5.57 Å². The number of rotatable bonds is 0. The Morgan fingerprint density at radius 3 is 2.50 bits per heavy atom. The third-order valence-corrected chi connectivity index (χ3v) is 4.18. The second kappa shape index (κ2) is 3.84. The molecule has 4 rings (SSSR count). The van der Waals surface area contributed by atoms with Gasteiger partial charge in [-0.15, -0.1) is 0 Å². The number of hydrogen-bond acceptors (Lipinski definition) is 0. The van der Waals surface area contributed by atoms with Crippen LogP contribution in [-0.4, -0.2) is 0 Å². The molecule has 0 saturated carbocycles. The highest BCUT2D eigenvalue weighted by Gasteiger charge is 2.25. The minimum absolute atomic E-state index is 1.22. The van der Waals surface area contributed by atoms with Crippen molar-refractivity contribution in [2.45, 2.75) is 25.7 Å². The lowest BCUT2D eigenvalue weighted by molar-refractivity contribution is 0.742. The van der Waals surface area contributed by atoms with Crippen molar-refractivity contribution in [3.63, 3.8) is 0 Å². The predicted molar refractivity (Wildman–Crippen MR) is 76.5 cm³/mol. The van der Waals surface area contributed by atoms with Crippen LogP contribution in [0.3, 0.4) is 0 Å². The molecule has 0 fully saturated rings. The molecule has 88 valence electrons. The first kappa shape index (κ1) is 10.1. The molecule has 0 bridgehead atoms. The van der Waals surface area contributed by atoms with Gasteiger partial charge >= 0.3 is 0 Å². The molecule has 18 heavy (non-hydrogen) atoms. The molecular weight excluding hydrogens is 216 g/mol. The van der Waals surface area contributed by atoms with E-state index in [4.69, 9.17) is 0 Å². The van der Waals surface area contributed by atoms with Gasteiger partial charge in [0.1, 0.15) is 0 Å². The first-order chi connectivity index (χ1) is 8.95. The van der Waals surface area contributed by atoms with Crippen LogP contribution in [0.25, 0.3) is 16.7 Å². The number of benzene rings is 2. The van der Waals surface area contributed by atoms with Gasteiger partial charge in [0.25, 0.3) is 0 Å². The van der Waals surface area contributed by atoms with Gasteiger partial charge in [-0.3, -0.25) is 0 Å². The van der Waals surface area contributed by atoms with E-state index < -0.39 is 0 Å². The molecule has 0 heterocycles. The van der Waals surface area contributed by atoms with Gasteiger partial charge in [-0.05, 0) is 59.1 Å². The number of hydrogen-bond donors (Lipinski definition) is 0. The van der Waals surface area contributed by atoms with Crippen LogP contribution >= 0.6 is 0 Å². The van der Waals surface area contributed by atoms with Gasteiger partial charge < -0.3 is 0 Å². The molecule has 0 spiro atoms. The van der Waals surface area contributed by atoms with E-state index in [2.05, 4.69) is 48.5 Å². The van der Waals surface area contributed by atoms with Crippen LogP contribution in [0.15, 0.2) is 48.5 Å². The smallest absolute Gasteiger partial charge is 0.00701 e. The molecule has 0 atom stereocenters. The lowest BCUT2D eigenvalue weighted by Gasteiger charge is -2.13. The summed E-state index contributed by atoms with van der Waals surface area (Å²) in [5, 5.41) is 0. The van der Waals surface area contributed by atoms with Crippen molar-refractivity contribution in [3.05, 3.63) is 65.2 Å². The summed E-state index contributed by atoms with van der Waals surface area (Å²) >= 11 is 0. The standard InChI is InChI=1S/C18H16/c1-2-7-13-8-6-12-17-15-10-5-4-9-14(15)16(11-3-1)18(13)17/h4-6,8-12H,1-3,7H2. The molecule has 0 nitrogen and oxygen atoms in total. The Labute approximate surface area is 108 Å². The molecule has 0 aromatic heterocycles. The fourth-order valence-corrected chi connectivity index (χ4v) is 3.36. The second-order valence-electron chi connectivity index (χ2n) is 5.25. The molecule has 0 unspecified atom stereocenters. The van der Waals surface area contributed by atoms with Crippen molar-refractivity contribution in [3.8, 4) is 11.1 Å². The fraction of sp³-hybridized carbons (Fsp3) is 0.222. The monoisotopic (exact) mass is 232 g/mol. The summed E-state index contributed by atoms with van der Waals surface area (Å²) in [5.41, 5.74) is 8.82. The number of fused-ring (bicyclic) bond motifs is 3. The SMILES string of the molecule is C1=C2c3ccccc3-c3cccc(c32)CCCC1. The van der Waals surface area contributed by atoms with Crippen LogP contribution < -0.4 is 0 Å². The van der Waals surface area contributed by atoms with Gasteiger partial charge in [0.15, 0.2) is 0 Å². The Bertz CT molecular complexity index is 647. The first-order valence-electron chi connectivity index (χ1n) is 6.87. The van der Waals surface area contributed by atoms with Gasteiger partial charge in [-0.25, -0.2) is 0 Å². The van der Waals surface area contributed by atoms with Crippen LogP contribution in [0.4, 0.5) is 0 Å². The molecule has 0 aliphatic heterocycles. The van der Waals surface area contributed by atoms with Gasteiger partial charge in [0.2, 0.25) is 0 Å². The van der Waals surface area contributed by atoms with E-state index in [0.717, 1.165) is 0 Å². The number of allylic oxidation sites excluding steroid dienone is 1.